The Kier molecular flexibility index (Phi) is 5.24. The van der Waals surface area contributed by atoms with Crippen LogP contribution < -0.4 is 10.5 Å². The van der Waals surface area contributed by atoms with Crippen LogP contribution in [-0.4, -0.2) is 26.2 Å². The summed E-state index contributed by atoms with van der Waals surface area (Å²) in [4.78, 5) is -0.225. The molecule has 0 radical (unpaired) electrons. The molecule has 0 amide bonds. The van der Waals surface area contributed by atoms with Gasteiger partial charge in [0.05, 0.1) is 16.8 Å². The van der Waals surface area contributed by atoms with E-state index in [0.29, 0.717) is 6.42 Å². The number of halogens is 2. The molecule has 0 aliphatic carbocycles. The molecule has 0 fully saturated rings. The summed E-state index contributed by atoms with van der Waals surface area (Å²) >= 11 is 11.5. The first kappa shape index (κ1) is 15.5. The molecule has 0 saturated heterocycles. The zero-order chi connectivity index (χ0) is 13.9. The first-order valence-corrected chi connectivity index (χ1v) is 7.44. The monoisotopic (exact) mass is 312 g/mol. The minimum Gasteiger partial charge on any atom is -0.398 e. The summed E-state index contributed by atoms with van der Waals surface area (Å²) in [6, 6.07) is 2.60. The number of nitrogen functional groups attached to an aromatic ring is 1. The molecular weight excluding hydrogens is 299 g/mol. The average molecular weight is 313 g/mol. The average Bonchev–Trinajstić information content (AvgIpc) is 2.24. The maximum Gasteiger partial charge on any atom is 0.244 e. The maximum absolute atomic E-state index is 12.0. The number of benzene rings is 1. The highest BCUT2D eigenvalue weighted by molar-refractivity contribution is 7.89. The first-order valence-electron chi connectivity index (χ1n) is 5.20. The van der Waals surface area contributed by atoms with Crippen molar-refractivity contribution in [2.24, 2.45) is 0 Å². The SMILES string of the molecule is CCC(O)CNS(=O)(=O)c1c(N)cc(Cl)cc1Cl. The molecule has 0 spiro atoms. The number of rotatable bonds is 5. The predicted molar refractivity (Wildman–Crippen MR) is 72.4 cm³/mol. The summed E-state index contributed by atoms with van der Waals surface area (Å²) < 4.78 is 26.2. The molecule has 1 unspecified atom stereocenters. The number of aliphatic hydroxyl groups excluding tert-OH is 1. The van der Waals surface area contributed by atoms with Gasteiger partial charge in [0.15, 0.2) is 0 Å². The minimum absolute atomic E-state index is 0.0361. The molecule has 18 heavy (non-hydrogen) atoms. The quantitative estimate of drug-likeness (QED) is 0.720. The zero-order valence-corrected chi connectivity index (χ0v) is 12.0. The molecule has 1 aromatic carbocycles. The normalized spacial score (nSPS) is 13.6. The van der Waals surface area contributed by atoms with Crippen LogP contribution in [0, 0.1) is 0 Å². The van der Waals surface area contributed by atoms with Gasteiger partial charge in [0.25, 0.3) is 0 Å². The fourth-order valence-corrected chi connectivity index (χ4v) is 3.34. The highest BCUT2D eigenvalue weighted by atomic mass is 35.5. The Balaban J connectivity index is 3.06. The summed E-state index contributed by atoms with van der Waals surface area (Å²) in [6.45, 7) is 1.64. The fourth-order valence-electron chi connectivity index (χ4n) is 1.29. The molecule has 4 N–H and O–H groups in total. The van der Waals surface area contributed by atoms with Crippen LogP contribution in [0.5, 0.6) is 0 Å². The van der Waals surface area contributed by atoms with Gasteiger partial charge in [-0.2, -0.15) is 0 Å². The van der Waals surface area contributed by atoms with Gasteiger partial charge in [0.2, 0.25) is 10.0 Å². The van der Waals surface area contributed by atoms with Crippen molar-refractivity contribution in [3.8, 4) is 0 Å². The molecule has 0 saturated carbocycles. The zero-order valence-electron chi connectivity index (χ0n) is 9.65. The summed E-state index contributed by atoms with van der Waals surface area (Å²) in [5.41, 5.74) is 5.56. The lowest BCUT2D eigenvalue weighted by atomic mass is 10.3. The molecule has 1 rings (SSSR count). The minimum atomic E-state index is -3.87. The van der Waals surface area contributed by atoms with Crippen LogP contribution in [0.25, 0.3) is 0 Å². The van der Waals surface area contributed by atoms with E-state index in [4.69, 9.17) is 28.9 Å². The van der Waals surface area contributed by atoms with Gasteiger partial charge in [-0.05, 0) is 18.6 Å². The van der Waals surface area contributed by atoms with Crippen molar-refractivity contribution >= 4 is 38.9 Å². The van der Waals surface area contributed by atoms with Crippen molar-refractivity contribution in [2.75, 3.05) is 12.3 Å². The van der Waals surface area contributed by atoms with Gasteiger partial charge in [0, 0.05) is 11.6 Å². The van der Waals surface area contributed by atoms with Crippen LogP contribution in [0.4, 0.5) is 5.69 Å². The van der Waals surface area contributed by atoms with Crippen LogP contribution in [0.15, 0.2) is 17.0 Å². The van der Waals surface area contributed by atoms with Crippen LogP contribution >= 0.6 is 23.2 Å². The van der Waals surface area contributed by atoms with Crippen LogP contribution in [0.1, 0.15) is 13.3 Å². The molecule has 0 aliphatic rings. The number of hydrogen-bond donors (Lipinski definition) is 3. The molecule has 0 heterocycles. The van der Waals surface area contributed by atoms with Crippen molar-refractivity contribution < 1.29 is 13.5 Å². The highest BCUT2D eigenvalue weighted by Crippen LogP contribution is 2.30. The van der Waals surface area contributed by atoms with E-state index in [-0.39, 0.29) is 27.2 Å². The number of nitrogens with one attached hydrogen (secondary N) is 1. The van der Waals surface area contributed by atoms with Crippen molar-refractivity contribution in [3.63, 3.8) is 0 Å². The molecule has 8 heteroatoms. The summed E-state index contributed by atoms with van der Waals surface area (Å²) in [5.74, 6) is 0. The van der Waals surface area contributed by atoms with Crippen LogP contribution in [0.3, 0.4) is 0 Å². The van der Waals surface area contributed by atoms with Crippen LogP contribution in [0.2, 0.25) is 10.0 Å². The van der Waals surface area contributed by atoms with Gasteiger partial charge in [-0.1, -0.05) is 30.1 Å². The molecule has 1 atom stereocenters. The van der Waals surface area contributed by atoms with Gasteiger partial charge < -0.3 is 10.8 Å². The second-order valence-electron chi connectivity index (χ2n) is 3.72. The predicted octanol–water partition coefficient (Wildman–Crippen LogP) is 1.62. The molecule has 1 aromatic rings. The van der Waals surface area contributed by atoms with E-state index in [0.717, 1.165) is 0 Å². The van der Waals surface area contributed by atoms with E-state index < -0.39 is 16.1 Å². The molecular formula is C10H14Cl2N2O3S. The molecule has 5 nitrogen and oxygen atoms in total. The van der Waals surface area contributed by atoms with E-state index in [2.05, 4.69) is 4.72 Å². The van der Waals surface area contributed by atoms with Gasteiger partial charge in [-0.25, -0.2) is 13.1 Å². The van der Waals surface area contributed by atoms with E-state index in [1.165, 1.54) is 12.1 Å². The van der Waals surface area contributed by atoms with E-state index in [1.54, 1.807) is 6.92 Å². The van der Waals surface area contributed by atoms with E-state index in [9.17, 15) is 13.5 Å². The lowest BCUT2D eigenvalue weighted by Crippen LogP contribution is -2.32. The van der Waals surface area contributed by atoms with Crippen molar-refractivity contribution in [1.29, 1.82) is 0 Å². The number of sulfonamides is 1. The first-order chi connectivity index (χ1) is 8.27. The molecule has 0 bridgehead atoms. The topological polar surface area (TPSA) is 92.4 Å². The third-order valence-electron chi connectivity index (χ3n) is 2.29. The Morgan fingerprint density at radius 2 is 2.06 bits per heavy atom. The number of hydrogen-bond acceptors (Lipinski definition) is 4. The van der Waals surface area contributed by atoms with E-state index >= 15 is 0 Å². The fraction of sp³-hybridized carbons (Fsp3) is 0.400. The van der Waals surface area contributed by atoms with Gasteiger partial charge >= 0.3 is 0 Å². The third kappa shape index (κ3) is 3.73. The summed E-state index contributed by atoms with van der Waals surface area (Å²) in [7, 11) is -3.87. The Labute approximate surface area is 116 Å². The number of anilines is 1. The standard InChI is InChI=1S/C10H14Cl2N2O3S/c1-2-7(15)5-14-18(16,17)10-8(12)3-6(11)4-9(10)13/h3-4,7,14-15H,2,5,13H2,1H3. The van der Waals surface area contributed by atoms with Crippen LogP contribution in [-0.2, 0) is 10.0 Å². The van der Waals surface area contributed by atoms with Gasteiger partial charge in [-0.3, -0.25) is 0 Å². The second kappa shape index (κ2) is 6.08. The maximum atomic E-state index is 12.0. The Hall–Kier alpha value is -0.530. The molecule has 0 aliphatic heterocycles. The number of aliphatic hydroxyl groups is 1. The van der Waals surface area contributed by atoms with Gasteiger partial charge in [0.1, 0.15) is 4.90 Å². The summed E-state index contributed by atoms with van der Waals surface area (Å²) in [5, 5.41) is 9.54. The lowest BCUT2D eigenvalue weighted by molar-refractivity contribution is 0.174. The molecule has 102 valence electrons. The summed E-state index contributed by atoms with van der Waals surface area (Å²) in [6.07, 6.45) is -0.320. The lowest BCUT2D eigenvalue weighted by Gasteiger charge is -2.13. The Morgan fingerprint density at radius 3 is 2.56 bits per heavy atom. The highest BCUT2D eigenvalue weighted by Gasteiger charge is 2.22. The smallest absolute Gasteiger partial charge is 0.244 e. The third-order valence-corrected chi connectivity index (χ3v) is 4.45. The Morgan fingerprint density at radius 1 is 1.44 bits per heavy atom. The van der Waals surface area contributed by atoms with Crippen molar-refractivity contribution in [1.82, 2.24) is 4.72 Å². The number of nitrogens with two attached hydrogens (primary N) is 1. The van der Waals surface area contributed by atoms with E-state index in [1.807, 2.05) is 0 Å². The Bertz CT molecular complexity index is 511. The largest absolute Gasteiger partial charge is 0.398 e. The van der Waals surface area contributed by atoms with Gasteiger partial charge in [-0.15, -0.1) is 0 Å². The molecule has 0 aromatic heterocycles. The second-order valence-corrected chi connectivity index (χ2v) is 6.27. The van der Waals surface area contributed by atoms with Crippen molar-refractivity contribution in [3.05, 3.63) is 22.2 Å². The van der Waals surface area contributed by atoms with Crippen molar-refractivity contribution in [2.45, 2.75) is 24.3 Å².